The molecule has 0 fully saturated rings. The van der Waals surface area contributed by atoms with Crippen LogP contribution in [0.3, 0.4) is 0 Å². The fraction of sp³-hybridized carbons (Fsp3) is 0.160. The van der Waals surface area contributed by atoms with Gasteiger partial charge in [-0.15, -0.1) is 0 Å². The molecule has 3 aromatic rings. The number of amides is 1. The first-order chi connectivity index (χ1) is 14.6. The summed E-state index contributed by atoms with van der Waals surface area (Å²) in [7, 11) is 0. The van der Waals surface area contributed by atoms with Crippen molar-refractivity contribution in [3.8, 4) is 22.6 Å². The summed E-state index contributed by atoms with van der Waals surface area (Å²) < 4.78 is 5.49. The summed E-state index contributed by atoms with van der Waals surface area (Å²) in [6.07, 6.45) is 3.48. The Hall–Kier alpha value is -3.73. The van der Waals surface area contributed by atoms with Crippen molar-refractivity contribution in [2.45, 2.75) is 12.3 Å². The molecule has 3 aromatic carbocycles. The highest BCUT2D eigenvalue weighted by Crippen LogP contribution is 2.44. The van der Waals surface area contributed by atoms with E-state index < -0.39 is 6.09 Å². The standard InChI is InChI=1S/C25H23NO4/c27-23-13-7-14-24(28)21(23)12-5-6-15-26-25(29)30-16-22-19-10-3-1-8-17(19)18-9-2-4-11-20(18)22/h1-5,7-14,22,27-28H,6,15-16H2,(H,26,29). The van der Waals surface area contributed by atoms with E-state index in [9.17, 15) is 15.0 Å². The molecule has 0 aromatic heterocycles. The largest absolute Gasteiger partial charge is 0.507 e. The second-order valence-electron chi connectivity index (χ2n) is 7.15. The second kappa shape index (κ2) is 8.74. The van der Waals surface area contributed by atoms with Gasteiger partial charge >= 0.3 is 6.09 Å². The molecule has 30 heavy (non-hydrogen) atoms. The summed E-state index contributed by atoms with van der Waals surface area (Å²) in [4.78, 5) is 12.1. The van der Waals surface area contributed by atoms with E-state index in [1.165, 1.54) is 34.4 Å². The molecule has 5 nitrogen and oxygen atoms in total. The fourth-order valence-electron chi connectivity index (χ4n) is 3.82. The van der Waals surface area contributed by atoms with E-state index in [2.05, 4.69) is 29.6 Å². The molecule has 0 atom stereocenters. The van der Waals surface area contributed by atoms with Gasteiger partial charge in [0.25, 0.3) is 0 Å². The lowest BCUT2D eigenvalue weighted by Gasteiger charge is -2.14. The highest BCUT2D eigenvalue weighted by Gasteiger charge is 2.28. The number of benzene rings is 3. The van der Waals surface area contributed by atoms with Gasteiger partial charge < -0.3 is 20.3 Å². The Kier molecular flexibility index (Phi) is 5.70. The zero-order valence-electron chi connectivity index (χ0n) is 16.4. The first kappa shape index (κ1) is 19.6. The van der Waals surface area contributed by atoms with Crippen LogP contribution in [0.15, 0.2) is 72.8 Å². The molecule has 5 heteroatoms. The molecule has 0 heterocycles. The molecule has 0 spiro atoms. The number of ether oxygens (including phenoxy) is 1. The van der Waals surface area contributed by atoms with E-state index >= 15 is 0 Å². The SMILES string of the molecule is O=C(NCCC=Cc1c(O)cccc1O)OCC1c2ccccc2-c2ccccc21. The van der Waals surface area contributed by atoms with Crippen LogP contribution in [0.4, 0.5) is 4.79 Å². The van der Waals surface area contributed by atoms with Crippen LogP contribution < -0.4 is 5.32 Å². The molecular weight excluding hydrogens is 378 g/mol. The van der Waals surface area contributed by atoms with Gasteiger partial charge in [-0.2, -0.15) is 0 Å². The van der Waals surface area contributed by atoms with Crippen LogP contribution >= 0.6 is 0 Å². The number of hydrogen-bond donors (Lipinski definition) is 3. The van der Waals surface area contributed by atoms with Crippen LogP contribution in [-0.4, -0.2) is 29.5 Å². The number of alkyl carbamates (subject to hydrolysis) is 1. The Labute approximate surface area is 175 Å². The average molecular weight is 401 g/mol. The van der Waals surface area contributed by atoms with Gasteiger partial charge in [-0.1, -0.05) is 66.7 Å². The summed E-state index contributed by atoms with van der Waals surface area (Å²) >= 11 is 0. The number of nitrogens with one attached hydrogen (secondary N) is 1. The minimum Gasteiger partial charge on any atom is -0.507 e. The molecule has 0 unspecified atom stereocenters. The molecule has 1 aliphatic carbocycles. The van der Waals surface area contributed by atoms with Crippen LogP contribution in [0.2, 0.25) is 0 Å². The zero-order valence-corrected chi connectivity index (χ0v) is 16.4. The van der Waals surface area contributed by atoms with Gasteiger partial charge in [0.1, 0.15) is 18.1 Å². The molecule has 0 aliphatic heterocycles. The van der Waals surface area contributed by atoms with Crippen molar-refractivity contribution in [3.05, 3.63) is 89.5 Å². The summed E-state index contributed by atoms with van der Waals surface area (Å²) in [5, 5.41) is 22.2. The van der Waals surface area contributed by atoms with E-state index in [0.29, 0.717) is 18.5 Å². The number of hydrogen-bond acceptors (Lipinski definition) is 4. The summed E-state index contributed by atoms with van der Waals surface area (Å²) in [5.41, 5.74) is 5.10. The molecule has 0 saturated heterocycles. The Morgan fingerprint density at radius 2 is 1.50 bits per heavy atom. The van der Waals surface area contributed by atoms with Gasteiger partial charge in [0.05, 0.1) is 5.56 Å². The second-order valence-corrected chi connectivity index (χ2v) is 7.15. The van der Waals surface area contributed by atoms with Gasteiger partial charge in [-0.05, 0) is 40.8 Å². The maximum absolute atomic E-state index is 12.1. The van der Waals surface area contributed by atoms with Crippen LogP contribution in [0, 0.1) is 0 Å². The predicted molar refractivity (Wildman–Crippen MR) is 116 cm³/mol. The summed E-state index contributed by atoms with van der Waals surface area (Å²) in [6.45, 7) is 0.670. The lowest BCUT2D eigenvalue weighted by Crippen LogP contribution is -2.26. The summed E-state index contributed by atoms with van der Waals surface area (Å²) in [5.74, 6) is 0.0542. The van der Waals surface area contributed by atoms with Crippen LogP contribution in [0.5, 0.6) is 11.5 Å². The third-order valence-corrected chi connectivity index (χ3v) is 5.27. The minimum atomic E-state index is -0.462. The maximum Gasteiger partial charge on any atom is 0.407 e. The van der Waals surface area contributed by atoms with Crippen LogP contribution in [0.25, 0.3) is 17.2 Å². The minimum absolute atomic E-state index is 0.00995. The monoisotopic (exact) mass is 401 g/mol. The van der Waals surface area contributed by atoms with Crippen LogP contribution in [0.1, 0.15) is 29.0 Å². The molecule has 152 valence electrons. The zero-order chi connectivity index (χ0) is 20.9. The maximum atomic E-state index is 12.1. The number of phenols is 2. The number of phenolic OH excluding ortho intramolecular Hbond substituents is 2. The number of carbonyl (C=O) groups is 1. The van der Waals surface area contributed by atoms with Gasteiger partial charge in [-0.3, -0.25) is 0 Å². The normalized spacial score (nSPS) is 12.5. The first-order valence-electron chi connectivity index (χ1n) is 9.91. The van der Waals surface area contributed by atoms with Crippen molar-refractivity contribution < 1.29 is 19.7 Å². The molecule has 0 radical (unpaired) electrons. The predicted octanol–water partition coefficient (Wildman–Crippen LogP) is 5.04. The van der Waals surface area contributed by atoms with Crippen molar-refractivity contribution in [2.75, 3.05) is 13.2 Å². The van der Waals surface area contributed by atoms with Crippen molar-refractivity contribution in [1.29, 1.82) is 0 Å². The highest BCUT2D eigenvalue weighted by molar-refractivity contribution is 5.79. The van der Waals surface area contributed by atoms with Crippen molar-refractivity contribution >= 4 is 12.2 Å². The topological polar surface area (TPSA) is 78.8 Å². The van der Waals surface area contributed by atoms with Crippen molar-refractivity contribution in [1.82, 2.24) is 5.32 Å². The van der Waals surface area contributed by atoms with Crippen molar-refractivity contribution in [3.63, 3.8) is 0 Å². The van der Waals surface area contributed by atoms with E-state index in [0.717, 1.165) is 0 Å². The van der Waals surface area contributed by atoms with Gasteiger partial charge in [-0.25, -0.2) is 4.79 Å². The average Bonchev–Trinajstić information content (AvgIpc) is 3.08. The van der Waals surface area contributed by atoms with Gasteiger partial charge in [0.15, 0.2) is 0 Å². The van der Waals surface area contributed by atoms with Gasteiger partial charge in [0.2, 0.25) is 0 Å². The Morgan fingerprint density at radius 3 is 2.13 bits per heavy atom. The quantitative estimate of drug-likeness (QED) is 0.506. The van der Waals surface area contributed by atoms with E-state index in [1.54, 1.807) is 18.2 Å². The third kappa shape index (κ3) is 4.01. The molecule has 1 aliphatic rings. The number of carbonyl (C=O) groups excluding carboxylic acids is 1. The smallest absolute Gasteiger partial charge is 0.407 e. The Bertz CT molecular complexity index is 1020. The third-order valence-electron chi connectivity index (χ3n) is 5.27. The van der Waals surface area contributed by atoms with Crippen LogP contribution in [-0.2, 0) is 4.74 Å². The number of fused-ring (bicyclic) bond motifs is 3. The number of rotatable bonds is 6. The molecule has 4 rings (SSSR count). The molecule has 1 amide bonds. The Balaban J connectivity index is 1.29. The molecule has 3 N–H and O–H groups in total. The molecular formula is C25H23NO4. The van der Waals surface area contributed by atoms with E-state index in [1.807, 2.05) is 24.3 Å². The van der Waals surface area contributed by atoms with E-state index in [4.69, 9.17) is 4.74 Å². The fourth-order valence-corrected chi connectivity index (χ4v) is 3.82. The van der Waals surface area contributed by atoms with E-state index in [-0.39, 0.29) is 24.0 Å². The lowest BCUT2D eigenvalue weighted by molar-refractivity contribution is 0.143. The lowest BCUT2D eigenvalue weighted by atomic mass is 9.98. The summed E-state index contributed by atoms with van der Waals surface area (Å²) in [6, 6.07) is 21.0. The highest BCUT2D eigenvalue weighted by atomic mass is 16.5. The van der Waals surface area contributed by atoms with Gasteiger partial charge in [0, 0.05) is 12.5 Å². The molecule has 0 bridgehead atoms. The van der Waals surface area contributed by atoms with Crippen molar-refractivity contribution in [2.24, 2.45) is 0 Å². The number of aromatic hydroxyl groups is 2. The Morgan fingerprint density at radius 1 is 0.900 bits per heavy atom. The molecule has 0 saturated carbocycles. The first-order valence-corrected chi connectivity index (χ1v) is 9.91.